The lowest BCUT2D eigenvalue weighted by atomic mass is 10.3. The number of hydrogen-bond acceptors (Lipinski definition) is 0. The van der Waals surface area contributed by atoms with Gasteiger partial charge in [0, 0.05) is 4.47 Å². The molecule has 0 aromatic heterocycles. The summed E-state index contributed by atoms with van der Waals surface area (Å²) in [5.41, 5.74) is 0. The predicted molar refractivity (Wildman–Crippen MR) is 60.4 cm³/mol. The van der Waals surface area contributed by atoms with Gasteiger partial charge < -0.3 is 0 Å². The molecule has 2 aromatic carbocycles. The van der Waals surface area contributed by atoms with Crippen LogP contribution in [0, 0.1) is 23.3 Å². The first-order valence-electron chi connectivity index (χ1n) is 4.51. The quantitative estimate of drug-likeness (QED) is 0.376. The summed E-state index contributed by atoms with van der Waals surface area (Å²) in [4.78, 5) is 0. The van der Waals surface area contributed by atoms with Crippen molar-refractivity contribution in [3.8, 4) is 0 Å². The Kier molecular flexibility index (Phi) is 5.15. The van der Waals surface area contributed by atoms with E-state index in [1.54, 1.807) is 18.2 Å². The van der Waals surface area contributed by atoms with Crippen LogP contribution >= 0.6 is 15.9 Å². The van der Waals surface area contributed by atoms with E-state index >= 15 is 0 Å². The van der Waals surface area contributed by atoms with Crippen LogP contribution < -0.4 is 0 Å². The molecule has 0 saturated heterocycles. The van der Waals surface area contributed by atoms with Crippen molar-refractivity contribution in [1.29, 1.82) is 0 Å². The molecule has 0 aliphatic heterocycles. The molecule has 0 aliphatic rings. The zero-order valence-corrected chi connectivity index (χ0v) is 10.0. The van der Waals surface area contributed by atoms with E-state index in [1.165, 1.54) is 12.1 Å². The van der Waals surface area contributed by atoms with Crippen molar-refractivity contribution < 1.29 is 17.6 Å². The summed E-state index contributed by atoms with van der Waals surface area (Å²) in [5.74, 6) is -4.00. The first-order chi connectivity index (χ1) is 8.00. The number of hydrogen-bond donors (Lipinski definition) is 0. The normalized spacial score (nSPS) is 9.47. The fourth-order valence-electron chi connectivity index (χ4n) is 0.939. The maximum atomic E-state index is 12.2. The molecule has 5 heteroatoms. The number of benzene rings is 2. The average Bonchev–Trinajstić information content (AvgIpc) is 2.27. The Morgan fingerprint density at radius 1 is 0.765 bits per heavy atom. The predicted octanol–water partition coefficient (Wildman–Crippen LogP) is 4.69. The Morgan fingerprint density at radius 3 is 1.59 bits per heavy atom. The number of halogens is 5. The van der Waals surface area contributed by atoms with Crippen LogP contribution in [0.2, 0.25) is 0 Å². The smallest absolute Gasteiger partial charge is 0.194 e. The van der Waals surface area contributed by atoms with Crippen LogP contribution in [0.5, 0.6) is 0 Å². The minimum atomic E-state index is -1.44. The molecule has 0 nitrogen and oxygen atoms in total. The van der Waals surface area contributed by atoms with E-state index in [9.17, 15) is 17.6 Å². The lowest BCUT2D eigenvalue weighted by Crippen LogP contribution is -1.88. The van der Waals surface area contributed by atoms with Gasteiger partial charge in [-0.15, -0.1) is 0 Å². The highest BCUT2D eigenvalue weighted by Crippen LogP contribution is 2.17. The lowest BCUT2D eigenvalue weighted by Gasteiger charge is -1.94. The standard InChI is InChI=1S/C6H2BrF3.C6H5F/c7-3-1-4(8)6(10)5(9)2-3;7-6-4-2-1-3-5-6/h1-2H;1-5H. The molecule has 90 valence electrons. The molecule has 0 bridgehead atoms. The van der Waals surface area contributed by atoms with Crippen molar-refractivity contribution in [2.24, 2.45) is 0 Å². The van der Waals surface area contributed by atoms with Gasteiger partial charge in [-0.1, -0.05) is 34.1 Å². The zero-order valence-electron chi connectivity index (χ0n) is 8.43. The highest BCUT2D eigenvalue weighted by Gasteiger charge is 2.08. The summed E-state index contributed by atoms with van der Waals surface area (Å²) in [5, 5.41) is 0. The Balaban J connectivity index is 0.000000181. The van der Waals surface area contributed by atoms with E-state index in [0.29, 0.717) is 0 Å². The van der Waals surface area contributed by atoms with Gasteiger partial charge in [0.2, 0.25) is 0 Å². The second kappa shape index (κ2) is 6.39. The van der Waals surface area contributed by atoms with Gasteiger partial charge in [0.1, 0.15) is 5.82 Å². The van der Waals surface area contributed by atoms with Gasteiger partial charge in [0.05, 0.1) is 0 Å². The van der Waals surface area contributed by atoms with E-state index in [1.807, 2.05) is 0 Å². The molecule has 2 aromatic rings. The molecular formula is C12H7BrF4. The van der Waals surface area contributed by atoms with Crippen LogP contribution in [0.4, 0.5) is 17.6 Å². The topological polar surface area (TPSA) is 0 Å². The molecule has 2 rings (SSSR count). The first kappa shape index (κ1) is 13.7. The lowest BCUT2D eigenvalue weighted by molar-refractivity contribution is 0.446. The third-order valence-electron chi connectivity index (χ3n) is 1.68. The zero-order chi connectivity index (χ0) is 12.8. The Bertz CT molecular complexity index is 462. The third kappa shape index (κ3) is 4.56. The molecule has 0 heterocycles. The molecule has 0 saturated carbocycles. The second-order valence-electron chi connectivity index (χ2n) is 2.98. The third-order valence-corrected chi connectivity index (χ3v) is 2.14. The van der Waals surface area contributed by atoms with Crippen LogP contribution in [0.1, 0.15) is 0 Å². The molecule has 0 amide bonds. The Labute approximate surface area is 104 Å². The van der Waals surface area contributed by atoms with Crippen molar-refractivity contribution >= 4 is 15.9 Å². The van der Waals surface area contributed by atoms with Crippen molar-refractivity contribution in [2.45, 2.75) is 0 Å². The summed E-state index contributed by atoms with van der Waals surface area (Å²) >= 11 is 2.80. The van der Waals surface area contributed by atoms with Gasteiger partial charge in [-0.05, 0) is 24.3 Å². The maximum absolute atomic E-state index is 12.2. The molecule has 0 unspecified atom stereocenters. The van der Waals surface area contributed by atoms with Crippen LogP contribution in [0.15, 0.2) is 46.9 Å². The summed E-state index contributed by atoms with van der Waals surface area (Å²) in [6.07, 6.45) is 0. The van der Waals surface area contributed by atoms with Gasteiger partial charge in [-0.2, -0.15) is 0 Å². The Hall–Kier alpha value is -1.36. The van der Waals surface area contributed by atoms with E-state index in [0.717, 1.165) is 12.1 Å². The van der Waals surface area contributed by atoms with E-state index in [-0.39, 0.29) is 10.3 Å². The number of rotatable bonds is 0. The van der Waals surface area contributed by atoms with Gasteiger partial charge in [0.15, 0.2) is 17.5 Å². The Morgan fingerprint density at radius 2 is 1.24 bits per heavy atom. The van der Waals surface area contributed by atoms with Crippen LogP contribution in [0.3, 0.4) is 0 Å². The maximum Gasteiger partial charge on any atom is 0.194 e. The van der Waals surface area contributed by atoms with Crippen LogP contribution in [-0.2, 0) is 0 Å². The van der Waals surface area contributed by atoms with Crippen LogP contribution in [-0.4, -0.2) is 0 Å². The molecule has 0 spiro atoms. The van der Waals surface area contributed by atoms with E-state index < -0.39 is 17.5 Å². The van der Waals surface area contributed by atoms with Gasteiger partial charge in [0.25, 0.3) is 0 Å². The van der Waals surface area contributed by atoms with Crippen molar-refractivity contribution in [2.75, 3.05) is 0 Å². The molecule has 0 atom stereocenters. The minimum absolute atomic E-state index is 0.178. The average molecular weight is 307 g/mol. The van der Waals surface area contributed by atoms with E-state index in [2.05, 4.69) is 15.9 Å². The SMILES string of the molecule is Fc1cc(Br)cc(F)c1F.Fc1ccccc1. The summed E-state index contributed by atoms with van der Waals surface area (Å²) in [7, 11) is 0. The molecule has 17 heavy (non-hydrogen) atoms. The van der Waals surface area contributed by atoms with Crippen molar-refractivity contribution in [3.63, 3.8) is 0 Å². The van der Waals surface area contributed by atoms with Gasteiger partial charge in [-0.3, -0.25) is 0 Å². The fourth-order valence-corrected chi connectivity index (χ4v) is 1.34. The molecule has 0 radical (unpaired) electrons. The summed E-state index contributed by atoms with van der Waals surface area (Å²) in [6, 6.07) is 9.66. The monoisotopic (exact) mass is 306 g/mol. The van der Waals surface area contributed by atoms with Gasteiger partial charge in [-0.25, -0.2) is 17.6 Å². The summed E-state index contributed by atoms with van der Waals surface area (Å²) in [6.45, 7) is 0. The first-order valence-corrected chi connectivity index (χ1v) is 5.30. The molecule has 0 aliphatic carbocycles. The van der Waals surface area contributed by atoms with Gasteiger partial charge >= 0.3 is 0 Å². The highest BCUT2D eigenvalue weighted by atomic mass is 79.9. The minimum Gasteiger partial charge on any atom is -0.207 e. The second-order valence-corrected chi connectivity index (χ2v) is 3.89. The summed E-state index contributed by atoms with van der Waals surface area (Å²) < 4.78 is 48.6. The molecule has 0 N–H and O–H groups in total. The van der Waals surface area contributed by atoms with E-state index in [4.69, 9.17) is 0 Å². The van der Waals surface area contributed by atoms with Crippen molar-refractivity contribution in [3.05, 3.63) is 70.2 Å². The highest BCUT2D eigenvalue weighted by molar-refractivity contribution is 9.10. The van der Waals surface area contributed by atoms with Crippen LogP contribution in [0.25, 0.3) is 0 Å². The van der Waals surface area contributed by atoms with Crippen molar-refractivity contribution in [1.82, 2.24) is 0 Å². The largest absolute Gasteiger partial charge is 0.207 e. The molecule has 0 fully saturated rings. The molecular weight excluding hydrogens is 300 g/mol. The fraction of sp³-hybridized carbons (Fsp3) is 0.